The predicted octanol–water partition coefficient (Wildman–Crippen LogP) is 6.79. The van der Waals surface area contributed by atoms with Crippen molar-refractivity contribution in [2.24, 2.45) is 28.6 Å². The standard InChI is InChI=1S/C35H37N3O3/c1-21(2)41-28-9-8-26(15-29(28)40-3)30-31(33(39)34-16-22-12-23(17-34)14-24(13-22)18-34)38-11-10-25-6-4-5-7-27(25)32(38)35(30,19-36)20-37/h4-11,15,21-24,30-32H,12-14,16-18H2,1-3H3. The normalized spacial score (nSPS) is 33.6. The molecule has 5 fully saturated rings. The van der Waals surface area contributed by atoms with Crippen molar-refractivity contribution >= 4 is 11.9 Å². The number of ketones is 1. The van der Waals surface area contributed by atoms with Crippen LogP contribution in [0.2, 0.25) is 0 Å². The maximum atomic E-state index is 15.2. The monoisotopic (exact) mass is 547 g/mol. The molecule has 2 aliphatic heterocycles. The van der Waals surface area contributed by atoms with Gasteiger partial charge in [0.25, 0.3) is 0 Å². The molecule has 0 radical (unpaired) electrons. The second-order valence-electron chi connectivity index (χ2n) is 13.4. The van der Waals surface area contributed by atoms with Crippen molar-refractivity contribution < 1.29 is 14.3 Å². The zero-order chi connectivity index (χ0) is 28.5. The van der Waals surface area contributed by atoms with Gasteiger partial charge in [-0.2, -0.15) is 10.5 Å². The van der Waals surface area contributed by atoms with Crippen molar-refractivity contribution in [3.05, 3.63) is 65.4 Å². The number of nitrogens with zero attached hydrogens (tertiary/aromatic N) is 3. The summed E-state index contributed by atoms with van der Waals surface area (Å²) >= 11 is 0. The summed E-state index contributed by atoms with van der Waals surface area (Å²) in [5.74, 6) is 2.57. The lowest BCUT2D eigenvalue weighted by molar-refractivity contribution is -0.148. The van der Waals surface area contributed by atoms with E-state index in [0.29, 0.717) is 29.3 Å². The van der Waals surface area contributed by atoms with Crippen molar-refractivity contribution in [2.75, 3.05) is 7.11 Å². The van der Waals surface area contributed by atoms with E-state index in [1.165, 1.54) is 19.3 Å². The van der Waals surface area contributed by atoms with E-state index in [-0.39, 0.29) is 17.3 Å². The Hall–Kier alpha value is -3.77. The molecule has 2 aromatic rings. The van der Waals surface area contributed by atoms with Gasteiger partial charge in [-0.1, -0.05) is 30.3 Å². The third-order valence-corrected chi connectivity index (χ3v) is 10.7. The van der Waals surface area contributed by atoms with Crippen molar-refractivity contribution in [1.29, 1.82) is 10.5 Å². The molecule has 6 aliphatic rings. The fourth-order valence-electron chi connectivity index (χ4n) is 9.62. The number of Topliss-reactive ketones (excluding diaryl/α,β-unsaturated/α-hetero) is 1. The number of hydrogen-bond donors (Lipinski definition) is 0. The average Bonchev–Trinajstić information content (AvgIpc) is 3.27. The van der Waals surface area contributed by atoms with Crippen LogP contribution in [0, 0.1) is 51.2 Å². The number of methoxy groups -OCH3 is 1. The molecule has 3 unspecified atom stereocenters. The molecule has 0 aromatic heterocycles. The van der Waals surface area contributed by atoms with Crippen LogP contribution in [-0.4, -0.2) is 29.9 Å². The van der Waals surface area contributed by atoms with Crippen LogP contribution in [0.1, 0.15) is 81.0 Å². The summed E-state index contributed by atoms with van der Waals surface area (Å²) in [5, 5.41) is 21.9. The minimum atomic E-state index is -1.48. The highest BCUT2D eigenvalue weighted by Gasteiger charge is 2.67. The summed E-state index contributed by atoms with van der Waals surface area (Å²) in [5.41, 5.74) is 0.830. The van der Waals surface area contributed by atoms with Gasteiger partial charge in [-0.15, -0.1) is 0 Å². The smallest absolute Gasteiger partial charge is 0.177 e. The molecule has 0 spiro atoms. The van der Waals surface area contributed by atoms with Crippen LogP contribution in [0.4, 0.5) is 0 Å². The number of hydrogen-bond acceptors (Lipinski definition) is 6. The fourth-order valence-corrected chi connectivity index (χ4v) is 9.62. The summed E-state index contributed by atoms with van der Waals surface area (Å²) < 4.78 is 11.7. The Balaban J connectivity index is 1.42. The van der Waals surface area contributed by atoms with Crippen LogP contribution >= 0.6 is 0 Å². The molecule has 0 N–H and O–H groups in total. The third kappa shape index (κ3) is 3.76. The molecular formula is C35H37N3O3. The van der Waals surface area contributed by atoms with E-state index in [2.05, 4.69) is 17.0 Å². The van der Waals surface area contributed by atoms with E-state index in [4.69, 9.17) is 9.47 Å². The van der Waals surface area contributed by atoms with Gasteiger partial charge in [0.1, 0.15) is 0 Å². The number of rotatable bonds is 6. The number of carbonyl (C=O) groups excluding carboxylic acids is 1. The molecule has 41 heavy (non-hydrogen) atoms. The Kier molecular flexibility index (Phi) is 5.98. The predicted molar refractivity (Wildman–Crippen MR) is 155 cm³/mol. The van der Waals surface area contributed by atoms with Gasteiger partial charge in [0.05, 0.1) is 37.4 Å². The van der Waals surface area contributed by atoms with Gasteiger partial charge in [0, 0.05) is 17.5 Å². The highest BCUT2D eigenvalue weighted by molar-refractivity contribution is 5.93. The first-order valence-corrected chi connectivity index (χ1v) is 15.1. The fraction of sp³-hybridized carbons (Fsp3) is 0.514. The van der Waals surface area contributed by atoms with Crippen LogP contribution in [-0.2, 0) is 4.79 Å². The van der Waals surface area contributed by atoms with E-state index < -0.39 is 23.4 Å². The van der Waals surface area contributed by atoms with Crippen LogP contribution in [0.5, 0.6) is 11.5 Å². The first-order valence-electron chi connectivity index (χ1n) is 15.1. The molecule has 4 bridgehead atoms. The van der Waals surface area contributed by atoms with Gasteiger partial charge in [-0.05, 0) is 105 Å². The molecule has 3 atom stereocenters. The van der Waals surface area contributed by atoms with Crippen LogP contribution in [0.3, 0.4) is 0 Å². The first-order chi connectivity index (χ1) is 19.8. The minimum Gasteiger partial charge on any atom is -0.493 e. The first kappa shape index (κ1) is 26.1. The molecule has 210 valence electrons. The molecule has 4 aliphatic carbocycles. The zero-order valence-corrected chi connectivity index (χ0v) is 24.0. The van der Waals surface area contributed by atoms with Crippen molar-refractivity contribution in [3.8, 4) is 23.6 Å². The maximum Gasteiger partial charge on any atom is 0.177 e. The summed E-state index contributed by atoms with van der Waals surface area (Å²) in [4.78, 5) is 17.3. The number of carbonyl (C=O) groups is 1. The lowest BCUT2D eigenvalue weighted by Gasteiger charge is -2.57. The number of ether oxygens (including phenoxy) is 2. The van der Waals surface area contributed by atoms with Gasteiger partial charge in [-0.25, -0.2) is 0 Å². The number of fused-ring (bicyclic) bond motifs is 3. The Labute approximate surface area is 242 Å². The Bertz CT molecular complexity index is 1460. The molecule has 2 heterocycles. The highest BCUT2D eigenvalue weighted by Crippen LogP contribution is 2.65. The van der Waals surface area contributed by atoms with Crippen molar-refractivity contribution in [1.82, 2.24) is 4.90 Å². The van der Waals surface area contributed by atoms with Crippen LogP contribution < -0.4 is 9.47 Å². The van der Waals surface area contributed by atoms with Gasteiger partial charge in [-0.3, -0.25) is 4.79 Å². The average molecular weight is 548 g/mol. The maximum absolute atomic E-state index is 15.2. The Morgan fingerprint density at radius 2 is 1.63 bits per heavy atom. The molecule has 8 rings (SSSR count). The summed E-state index contributed by atoms with van der Waals surface area (Å²) in [7, 11) is 1.60. The summed E-state index contributed by atoms with van der Waals surface area (Å²) in [6, 6.07) is 17.5. The zero-order valence-electron chi connectivity index (χ0n) is 24.0. The Morgan fingerprint density at radius 1 is 0.976 bits per heavy atom. The van der Waals surface area contributed by atoms with Gasteiger partial charge < -0.3 is 14.4 Å². The third-order valence-electron chi connectivity index (χ3n) is 10.7. The van der Waals surface area contributed by atoms with Crippen molar-refractivity contribution in [2.45, 2.75) is 76.5 Å². The second-order valence-corrected chi connectivity index (χ2v) is 13.4. The van der Waals surface area contributed by atoms with Gasteiger partial charge in [0.2, 0.25) is 0 Å². The topological polar surface area (TPSA) is 86.4 Å². The van der Waals surface area contributed by atoms with E-state index in [1.54, 1.807) is 7.11 Å². The SMILES string of the molecule is COc1cc(C2C(C(=O)C34CC5CC(CC(C5)C3)C4)N3C=Cc4ccccc4C3C2(C#N)C#N)ccc1OC(C)C. The van der Waals surface area contributed by atoms with Crippen LogP contribution in [0.15, 0.2) is 48.7 Å². The molecule has 1 saturated heterocycles. The molecule has 4 saturated carbocycles. The largest absolute Gasteiger partial charge is 0.493 e. The Morgan fingerprint density at radius 3 is 2.24 bits per heavy atom. The lowest BCUT2D eigenvalue weighted by atomic mass is 9.47. The summed E-state index contributed by atoms with van der Waals surface area (Å²) in [6.07, 6.45) is 10.5. The van der Waals surface area contributed by atoms with Crippen LogP contribution in [0.25, 0.3) is 6.08 Å². The molecule has 2 aromatic carbocycles. The summed E-state index contributed by atoms with van der Waals surface area (Å²) in [6.45, 7) is 3.92. The van der Waals surface area contributed by atoms with E-state index in [9.17, 15) is 10.5 Å². The molecule has 0 amide bonds. The minimum absolute atomic E-state index is 0.0421. The number of benzene rings is 2. The highest BCUT2D eigenvalue weighted by atomic mass is 16.5. The molecular weight excluding hydrogens is 510 g/mol. The quantitative estimate of drug-likeness (QED) is 0.396. The van der Waals surface area contributed by atoms with E-state index in [1.807, 2.05) is 68.6 Å². The van der Waals surface area contributed by atoms with Gasteiger partial charge in [0.15, 0.2) is 22.7 Å². The van der Waals surface area contributed by atoms with Crippen molar-refractivity contribution in [3.63, 3.8) is 0 Å². The second kappa shape index (κ2) is 9.38. The van der Waals surface area contributed by atoms with Gasteiger partial charge >= 0.3 is 0 Å². The lowest BCUT2D eigenvalue weighted by Crippen LogP contribution is -2.55. The van der Waals surface area contributed by atoms with E-state index in [0.717, 1.165) is 36.0 Å². The molecule has 6 nitrogen and oxygen atoms in total. The van der Waals surface area contributed by atoms with E-state index >= 15 is 4.79 Å². The molecule has 6 heteroatoms. The number of nitriles is 2.